The van der Waals surface area contributed by atoms with Gasteiger partial charge in [0.05, 0.1) is 0 Å². The largest absolute Gasteiger partial charge is 0.480 e. The van der Waals surface area contributed by atoms with Crippen molar-refractivity contribution in [2.45, 2.75) is 65.0 Å². The third-order valence-electron chi connectivity index (χ3n) is 4.74. The highest BCUT2D eigenvalue weighted by atomic mass is 16.4. The molecule has 0 radical (unpaired) electrons. The van der Waals surface area contributed by atoms with Crippen molar-refractivity contribution in [3.63, 3.8) is 0 Å². The number of carboxylic acids is 1. The van der Waals surface area contributed by atoms with Gasteiger partial charge in [-0.3, -0.25) is 0 Å². The molecule has 1 saturated carbocycles. The Morgan fingerprint density at radius 3 is 2.55 bits per heavy atom. The van der Waals surface area contributed by atoms with Gasteiger partial charge in [0.15, 0.2) is 0 Å². The van der Waals surface area contributed by atoms with Crippen LogP contribution in [-0.2, 0) is 4.79 Å². The van der Waals surface area contributed by atoms with E-state index in [1.54, 1.807) is 0 Å². The van der Waals surface area contributed by atoms with Crippen LogP contribution < -0.4 is 5.32 Å². The second-order valence-corrected chi connectivity index (χ2v) is 7.15. The van der Waals surface area contributed by atoms with Crippen molar-refractivity contribution < 1.29 is 14.7 Å². The molecule has 5 nitrogen and oxygen atoms in total. The van der Waals surface area contributed by atoms with E-state index in [-0.39, 0.29) is 23.4 Å². The second-order valence-electron chi connectivity index (χ2n) is 7.15. The molecule has 114 valence electrons. The van der Waals surface area contributed by atoms with Gasteiger partial charge in [0.25, 0.3) is 0 Å². The Morgan fingerprint density at radius 2 is 2.00 bits per heavy atom. The van der Waals surface area contributed by atoms with Gasteiger partial charge in [0.2, 0.25) is 0 Å². The van der Waals surface area contributed by atoms with E-state index >= 15 is 0 Å². The van der Waals surface area contributed by atoms with Crippen LogP contribution >= 0.6 is 0 Å². The fraction of sp³-hybridized carbons (Fsp3) is 0.867. The Kier molecular flexibility index (Phi) is 4.25. The van der Waals surface area contributed by atoms with Gasteiger partial charge in [-0.25, -0.2) is 9.59 Å². The molecule has 0 bridgehead atoms. The Labute approximate surface area is 120 Å². The number of piperidine rings is 1. The molecule has 2 rings (SSSR count). The number of carbonyl (C=O) groups is 2. The Bertz CT molecular complexity index is 395. The number of carboxylic acid groups (broad SMARTS) is 1. The molecule has 2 amide bonds. The van der Waals surface area contributed by atoms with E-state index in [9.17, 15) is 14.7 Å². The van der Waals surface area contributed by atoms with Crippen LogP contribution in [0.3, 0.4) is 0 Å². The van der Waals surface area contributed by atoms with E-state index < -0.39 is 12.0 Å². The van der Waals surface area contributed by atoms with Gasteiger partial charge >= 0.3 is 12.0 Å². The van der Waals surface area contributed by atoms with Crippen LogP contribution in [0, 0.1) is 11.3 Å². The van der Waals surface area contributed by atoms with Crippen LogP contribution in [-0.4, -0.2) is 40.6 Å². The number of hydrogen-bond acceptors (Lipinski definition) is 2. The fourth-order valence-electron chi connectivity index (χ4n) is 3.61. The summed E-state index contributed by atoms with van der Waals surface area (Å²) in [6.07, 6.45) is 4.82. The number of aliphatic carboxylic acids is 1. The van der Waals surface area contributed by atoms with E-state index in [4.69, 9.17) is 0 Å². The quantitative estimate of drug-likeness (QED) is 0.817. The molecule has 0 spiro atoms. The molecule has 0 aromatic heterocycles. The third-order valence-corrected chi connectivity index (χ3v) is 4.74. The topological polar surface area (TPSA) is 69.6 Å². The molecule has 0 aromatic rings. The van der Waals surface area contributed by atoms with E-state index in [1.807, 2.05) is 6.92 Å². The predicted octanol–water partition coefficient (Wildman–Crippen LogP) is 2.46. The number of likely N-dealkylation sites (tertiary alicyclic amines) is 1. The summed E-state index contributed by atoms with van der Waals surface area (Å²) >= 11 is 0. The monoisotopic (exact) mass is 282 g/mol. The number of carbonyl (C=O) groups excluding carboxylic acids is 1. The van der Waals surface area contributed by atoms with E-state index in [0.29, 0.717) is 6.54 Å². The SMILES string of the molecule is CC1CCCN(C(=O)NC2CCC(C)(C)C2)C1C(=O)O. The number of hydrogen-bond donors (Lipinski definition) is 2. The maximum Gasteiger partial charge on any atom is 0.326 e. The molecule has 1 heterocycles. The lowest BCUT2D eigenvalue weighted by Gasteiger charge is -2.37. The first kappa shape index (κ1) is 15.1. The van der Waals surface area contributed by atoms with Crippen molar-refractivity contribution in [2.24, 2.45) is 11.3 Å². The molecule has 2 fully saturated rings. The van der Waals surface area contributed by atoms with Crippen molar-refractivity contribution in [3.05, 3.63) is 0 Å². The summed E-state index contributed by atoms with van der Waals surface area (Å²) in [6.45, 7) is 6.88. The molecular formula is C15H26N2O3. The van der Waals surface area contributed by atoms with Gasteiger partial charge in [0, 0.05) is 12.6 Å². The number of nitrogens with one attached hydrogen (secondary N) is 1. The van der Waals surface area contributed by atoms with Gasteiger partial charge in [-0.15, -0.1) is 0 Å². The summed E-state index contributed by atoms with van der Waals surface area (Å²) in [7, 11) is 0. The highest BCUT2D eigenvalue weighted by Crippen LogP contribution is 2.37. The van der Waals surface area contributed by atoms with E-state index in [0.717, 1.165) is 32.1 Å². The van der Waals surface area contributed by atoms with Crippen LogP contribution in [0.5, 0.6) is 0 Å². The summed E-state index contributed by atoms with van der Waals surface area (Å²) in [5, 5.41) is 12.4. The van der Waals surface area contributed by atoms with Gasteiger partial charge < -0.3 is 15.3 Å². The average molecular weight is 282 g/mol. The highest BCUT2D eigenvalue weighted by molar-refractivity contribution is 5.83. The number of rotatable bonds is 2. The first-order valence-corrected chi connectivity index (χ1v) is 7.60. The predicted molar refractivity (Wildman–Crippen MR) is 76.5 cm³/mol. The van der Waals surface area contributed by atoms with Gasteiger partial charge in [-0.2, -0.15) is 0 Å². The van der Waals surface area contributed by atoms with Gasteiger partial charge in [-0.05, 0) is 43.4 Å². The zero-order valence-electron chi connectivity index (χ0n) is 12.7. The van der Waals surface area contributed by atoms with Crippen molar-refractivity contribution in [1.82, 2.24) is 10.2 Å². The molecule has 1 aliphatic carbocycles. The van der Waals surface area contributed by atoms with E-state index in [2.05, 4.69) is 19.2 Å². The molecule has 1 aliphatic heterocycles. The third kappa shape index (κ3) is 3.25. The lowest BCUT2D eigenvalue weighted by Crippen LogP contribution is -2.56. The van der Waals surface area contributed by atoms with Gasteiger partial charge in [0.1, 0.15) is 6.04 Å². The Morgan fingerprint density at radius 1 is 1.30 bits per heavy atom. The number of amides is 2. The van der Waals surface area contributed by atoms with E-state index in [1.165, 1.54) is 4.90 Å². The summed E-state index contributed by atoms with van der Waals surface area (Å²) in [5.74, 6) is -0.869. The van der Waals surface area contributed by atoms with Gasteiger partial charge in [-0.1, -0.05) is 20.8 Å². The Hall–Kier alpha value is -1.26. The molecule has 1 saturated heterocycles. The van der Waals surface area contributed by atoms with Crippen LogP contribution in [0.2, 0.25) is 0 Å². The lowest BCUT2D eigenvalue weighted by molar-refractivity contribution is -0.145. The van der Waals surface area contributed by atoms with Crippen molar-refractivity contribution in [2.75, 3.05) is 6.54 Å². The summed E-state index contributed by atoms with van der Waals surface area (Å²) in [4.78, 5) is 25.3. The normalized spacial score (nSPS) is 33.0. The molecule has 0 aromatic carbocycles. The molecule has 3 unspecified atom stereocenters. The summed E-state index contributed by atoms with van der Waals surface area (Å²) in [5.41, 5.74) is 0.277. The zero-order valence-corrected chi connectivity index (χ0v) is 12.7. The maximum atomic E-state index is 12.4. The maximum absolute atomic E-state index is 12.4. The lowest BCUT2D eigenvalue weighted by atomic mass is 9.91. The molecule has 3 atom stereocenters. The van der Waals surface area contributed by atoms with Crippen LogP contribution in [0.1, 0.15) is 52.9 Å². The van der Waals surface area contributed by atoms with Crippen molar-refractivity contribution >= 4 is 12.0 Å². The minimum atomic E-state index is -0.890. The fourth-order valence-corrected chi connectivity index (χ4v) is 3.61. The van der Waals surface area contributed by atoms with Crippen molar-refractivity contribution in [3.8, 4) is 0 Å². The van der Waals surface area contributed by atoms with Crippen molar-refractivity contribution in [1.29, 1.82) is 0 Å². The average Bonchev–Trinajstić information content (AvgIpc) is 2.67. The van der Waals surface area contributed by atoms with Crippen LogP contribution in [0.25, 0.3) is 0 Å². The number of urea groups is 1. The molecule has 5 heteroatoms. The second kappa shape index (κ2) is 5.62. The smallest absolute Gasteiger partial charge is 0.326 e. The molecule has 20 heavy (non-hydrogen) atoms. The highest BCUT2D eigenvalue weighted by Gasteiger charge is 2.39. The minimum Gasteiger partial charge on any atom is -0.480 e. The standard InChI is InChI=1S/C15H26N2O3/c1-10-5-4-8-17(12(10)13(18)19)14(20)16-11-6-7-15(2,3)9-11/h10-12H,4-9H2,1-3H3,(H,16,20)(H,18,19). The van der Waals surface area contributed by atoms with Crippen LogP contribution in [0.15, 0.2) is 0 Å². The number of nitrogens with zero attached hydrogens (tertiary/aromatic N) is 1. The first-order chi connectivity index (χ1) is 9.30. The molecule has 2 aliphatic rings. The van der Waals surface area contributed by atoms with Crippen LogP contribution in [0.4, 0.5) is 4.79 Å². The Balaban J connectivity index is 1.98. The molecular weight excluding hydrogens is 256 g/mol. The summed E-state index contributed by atoms with van der Waals surface area (Å²) < 4.78 is 0. The summed E-state index contributed by atoms with van der Waals surface area (Å²) in [6, 6.07) is -0.700. The zero-order chi connectivity index (χ0) is 14.9. The minimum absolute atomic E-state index is 0.0204. The molecule has 2 N–H and O–H groups in total. The first-order valence-electron chi connectivity index (χ1n) is 7.60.